The van der Waals surface area contributed by atoms with E-state index in [1.54, 1.807) is 13.2 Å². The summed E-state index contributed by atoms with van der Waals surface area (Å²) in [5.41, 5.74) is 4.30. The predicted octanol–water partition coefficient (Wildman–Crippen LogP) is 4.14. The van der Waals surface area contributed by atoms with Gasteiger partial charge in [0.05, 0.1) is 13.4 Å². The average Bonchev–Trinajstić information content (AvgIpc) is 3.30. The van der Waals surface area contributed by atoms with Crippen LogP contribution in [0.1, 0.15) is 22.9 Å². The highest BCUT2D eigenvalue weighted by molar-refractivity contribution is 6.04. The van der Waals surface area contributed by atoms with Gasteiger partial charge < -0.3 is 14.5 Å². The van der Waals surface area contributed by atoms with E-state index >= 15 is 0 Å². The summed E-state index contributed by atoms with van der Waals surface area (Å²) < 4.78 is 10.5. The molecule has 0 spiro atoms. The summed E-state index contributed by atoms with van der Waals surface area (Å²) in [5.74, 6) is 0.740. The number of carbonyl (C=O) groups excluding carboxylic acids is 2. The largest absolute Gasteiger partial charge is 0.497 e. The molecule has 144 valence electrons. The first kappa shape index (κ1) is 19.2. The van der Waals surface area contributed by atoms with E-state index in [9.17, 15) is 9.59 Å². The molecule has 28 heavy (non-hydrogen) atoms. The predicted molar refractivity (Wildman–Crippen MR) is 106 cm³/mol. The topological polar surface area (TPSA) is 80.6 Å². The van der Waals surface area contributed by atoms with Gasteiger partial charge in [-0.15, -0.1) is 0 Å². The van der Waals surface area contributed by atoms with Gasteiger partial charge >= 0.3 is 6.03 Å². The van der Waals surface area contributed by atoms with Crippen LogP contribution in [0.3, 0.4) is 0 Å². The van der Waals surface area contributed by atoms with Crippen molar-refractivity contribution in [2.45, 2.75) is 19.9 Å². The molecule has 1 atom stereocenters. The van der Waals surface area contributed by atoms with Crippen LogP contribution in [-0.4, -0.2) is 19.0 Å². The van der Waals surface area contributed by atoms with Crippen LogP contribution in [0.5, 0.6) is 5.75 Å². The minimum Gasteiger partial charge on any atom is -0.497 e. The summed E-state index contributed by atoms with van der Waals surface area (Å²) in [7, 11) is 1.59. The van der Waals surface area contributed by atoms with Crippen LogP contribution in [0, 0.1) is 13.8 Å². The first-order chi connectivity index (χ1) is 13.5. The molecule has 0 bridgehead atoms. The number of furan rings is 1. The zero-order valence-corrected chi connectivity index (χ0v) is 16.0. The number of ether oxygens (including phenoxy) is 1. The molecule has 6 heteroatoms. The third-order valence-electron chi connectivity index (χ3n) is 4.35. The zero-order valence-electron chi connectivity index (χ0n) is 16.0. The quantitative estimate of drug-likeness (QED) is 0.671. The van der Waals surface area contributed by atoms with Crippen LogP contribution in [0.15, 0.2) is 65.3 Å². The highest BCUT2D eigenvalue weighted by Gasteiger charge is 2.35. The number of hydrogen-bond donors (Lipinski definition) is 2. The third-order valence-corrected chi connectivity index (χ3v) is 4.35. The first-order valence-electron chi connectivity index (χ1n) is 8.84. The van der Waals surface area contributed by atoms with Gasteiger partial charge in [0.2, 0.25) is 0 Å². The SMILES string of the molecule is COc1ccc(-c2ccoc2C2NC(=O)NC2=O)cc1.Cc1ccc(C)cc1. The van der Waals surface area contributed by atoms with Crippen molar-refractivity contribution in [1.82, 2.24) is 10.6 Å². The lowest BCUT2D eigenvalue weighted by Gasteiger charge is -2.08. The van der Waals surface area contributed by atoms with Crippen molar-refractivity contribution >= 4 is 11.9 Å². The van der Waals surface area contributed by atoms with Crippen LogP contribution in [0.4, 0.5) is 4.79 Å². The summed E-state index contributed by atoms with van der Waals surface area (Å²) in [5, 5.41) is 4.70. The lowest BCUT2D eigenvalue weighted by molar-refractivity contribution is -0.120. The highest BCUT2D eigenvalue weighted by atomic mass is 16.5. The standard InChI is InChI=1S/C14H12N2O4.C8H10/c1-19-9-4-2-8(3-5-9)10-6-7-20-12(10)11-13(17)16-14(18)15-11;1-7-3-5-8(2)6-4-7/h2-7,11H,1H3,(H2,15,16,17,18);3-6H,1-2H3. The fourth-order valence-corrected chi connectivity index (χ4v) is 2.79. The molecule has 0 radical (unpaired) electrons. The fourth-order valence-electron chi connectivity index (χ4n) is 2.79. The van der Waals surface area contributed by atoms with Gasteiger partial charge in [-0.2, -0.15) is 0 Å². The monoisotopic (exact) mass is 378 g/mol. The molecule has 2 heterocycles. The lowest BCUT2D eigenvalue weighted by Crippen LogP contribution is -2.22. The van der Waals surface area contributed by atoms with Crippen molar-refractivity contribution in [2.24, 2.45) is 0 Å². The van der Waals surface area contributed by atoms with Gasteiger partial charge in [0, 0.05) is 5.56 Å². The first-order valence-corrected chi connectivity index (χ1v) is 8.84. The van der Waals surface area contributed by atoms with Crippen molar-refractivity contribution in [1.29, 1.82) is 0 Å². The molecule has 0 saturated carbocycles. The summed E-state index contributed by atoms with van der Waals surface area (Å²) in [6.45, 7) is 4.19. The lowest BCUT2D eigenvalue weighted by atomic mass is 10.0. The molecule has 1 aliphatic rings. The molecule has 2 aromatic carbocycles. The van der Waals surface area contributed by atoms with E-state index < -0.39 is 18.0 Å². The number of amides is 3. The maximum atomic E-state index is 11.7. The molecular weight excluding hydrogens is 356 g/mol. The van der Waals surface area contributed by atoms with E-state index in [0.29, 0.717) is 5.76 Å². The Labute approximate surface area is 163 Å². The number of carbonyl (C=O) groups is 2. The van der Waals surface area contributed by atoms with E-state index in [2.05, 4.69) is 48.7 Å². The van der Waals surface area contributed by atoms with Crippen molar-refractivity contribution in [2.75, 3.05) is 7.11 Å². The van der Waals surface area contributed by atoms with Crippen LogP contribution in [0.25, 0.3) is 11.1 Å². The smallest absolute Gasteiger partial charge is 0.322 e. The van der Waals surface area contributed by atoms with Crippen LogP contribution >= 0.6 is 0 Å². The van der Waals surface area contributed by atoms with E-state index in [1.165, 1.54) is 17.4 Å². The van der Waals surface area contributed by atoms with Crippen molar-refractivity contribution < 1.29 is 18.7 Å². The normalized spacial score (nSPS) is 15.3. The molecular formula is C22H22N2O4. The molecule has 1 unspecified atom stereocenters. The van der Waals surface area contributed by atoms with Crippen molar-refractivity contribution in [3.8, 4) is 16.9 Å². The van der Waals surface area contributed by atoms with Crippen molar-refractivity contribution in [3.63, 3.8) is 0 Å². The van der Waals surface area contributed by atoms with Gasteiger partial charge in [0.15, 0.2) is 6.04 Å². The molecule has 6 nitrogen and oxygen atoms in total. The summed E-state index contributed by atoms with van der Waals surface area (Å²) >= 11 is 0. The van der Waals surface area contributed by atoms with Gasteiger partial charge in [-0.25, -0.2) is 4.79 Å². The average molecular weight is 378 g/mol. The van der Waals surface area contributed by atoms with Crippen LogP contribution < -0.4 is 15.4 Å². The molecule has 4 rings (SSSR count). The van der Waals surface area contributed by atoms with E-state index in [-0.39, 0.29) is 0 Å². The Kier molecular flexibility index (Phi) is 5.79. The number of rotatable bonds is 3. The number of hydrogen-bond acceptors (Lipinski definition) is 4. The van der Waals surface area contributed by atoms with Crippen LogP contribution in [0.2, 0.25) is 0 Å². The van der Waals surface area contributed by atoms with Gasteiger partial charge in [-0.3, -0.25) is 10.1 Å². The number of imide groups is 1. The second-order valence-electron chi connectivity index (χ2n) is 6.48. The number of methoxy groups -OCH3 is 1. The summed E-state index contributed by atoms with van der Waals surface area (Å²) in [4.78, 5) is 22.9. The Balaban J connectivity index is 0.000000236. The molecule has 1 aromatic heterocycles. The molecule has 3 aromatic rings. The molecule has 1 fully saturated rings. The Morgan fingerprint density at radius 2 is 1.50 bits per heavy atom. The Bertz CT molecular complexity index is 938. The van der Waals surface area contributed by atoms with E-state index in [1.807, 2.05) is 24.3 Å². The Morgan fingerprint density at radius 3 is 2.00 bits per heavy atom. The second kappa shape index (κ2) is 8.43. The van der Waals surface area contributed by atoms with Gasteiger partial charge in [0.1, 0.15) is 11.5 Å². The number of urea groups is 1. The number of nitrogens with one attached hydrogen (secondary N) is 2. The second-order valence-corrected chi connectivity index (χ2v) is 6.48. The van der Waals surface area contributed by atoms with Crippen molar-refractivity contribution in [3.05, 3.63) is 77.7 Å². The van der Waals surface area contributed by atoms with E-state index in [4.69, 9.17) is 9.15 Å². The van der Waals surface area contributed by atoms with Crippen LogP contribution in [-0.2, 0) is 4.79 Å². The number of benzene rings is 2. The maximum Gasteiger partial charge on any atom is 0.322 e. The van der Waals surface area contributed by atoms with Gasteiger partial charge in [-0.05, 0) is 37.6 Å². The fraction of sp³-hybridized carbons (Fsp3) is 0.182. The minimum atomic E-state index is -0.797. The Morgan fingerprint density at radius 1 is 0.893 bits per heavy atom. The van der Waals surface area contributed by atoms with E-state index in [0.717, 1.165) is 16.9 Å². The molecule has 1 aliphatic heterocycles. The van der Waals surface area contributed by atoms with Gasteiger partial charge in [-0.1, -0.05) is 47.5 Å². The molecule has 0 aliphatic carbocycles. The summed E-state index contributed by atoms with van der Waals surface area (Å²) in [6.07, 6.45) is 1.49. The number of aryl methyl sites for hydroxylation is 2. The maximum absolute atomic E-state index is 11.7. The summed E-state index contributed by atoms with van der Waals surface area (Å²) in [6, 6.07) is 16.3. The van der Waals surface area contributed by atoms with Gasteiger partial charge in [0.25, 0.3) is 5.91 Å². The highest BCUT2D eigenvalue weighted by Crippen LogP contribution is 2.31. The molecule has 1 saturated heterocycles. The minimum absolute atomic E-state index is 0.415. The Hall–Kier alpha value is -3.54. The zero-order chi connectivity index (χ0) is 20.1. The third kappa shape index (κ3) is 4.40. The molecule has 2 N–H and O–H groups in total. The molecule has 3 amide bonds.